The summed E-state index contributed by atoms with van der Waals surface area (Å²) in [5, 5.41) is 9.11. The highest BCUT2D eigenvalue weighted by atomic mass is 16.5. The average molecular weight is 181 g/mol. The first-order valence-electron chi connectivity index (χ1n) is 4.92. The minimum Gasteiger partial charge on any atom is -0.363 e. The average Bonchev–Trinajstić information content (AvgIpc) is 2.05. The first-order valence-corrected chi connectivity index (χ1v) is 4.92. The van der Waals surface area contributed by atoms with Crippen LogP contribution in [0.5, 0.6) is 0 Å². The van der Waals surface area contributed by atoms with Gasteiger partial charge in [-0.2, -0.15) is 5.26 Å². The molecule has 0 saturated heterocycles. The Hall–Kier alpha value is -0.550. The summed E-state index contributed by atoms with van der Waals surface area (Å²) in [5.41, 5.74) is -0.145. The van der Waals surface area contributed by atoms with Crippen LogP contribution >= 0.6 is 0 Å². The van der Waals surface area contributed by atoms with Gasteiger partial charge in [-0.1, -0.05) is 20.8 Å². The summed E-state index contributed by atoms with van der Waals surface area (Å²) in [7, 11) is 1.65. The van der Waals surface area contributed by atoms with E-state index < -0.39 is 5.60 Å². The first-order chi connectivity index (χ1) is 5.96. The predicted octanol–water partition coefficient (Wildman–Crippen LogP) is 2.74. The van der Waals surface area contributed by atoms with Gasteiger partial charge in [-0.25, -0.2) is 0 Å². The number of rotatable bonds is 1. The van der Waals surface area contributed by atoms with Gasteiger partial charge in [-0.3, -0.25) is 0 Å². The molecule has 2 atom stereocenters. The van der Waals surface area contributed by atoms with Crippen LogP contribution in [0.4, 0.5) is 0 Å². The highest BCUT2D eigenvalue weighted by Crippen LogP contribution is 2.44. The molecule has 0 spiro atoms. The Morgan fingerprint density at radius 1 is 1.38 bits per heavy atom. The summed E-state index contributed by atoms with van der Waals surface area (Å²) >= 11 is 0. The molecule has 2 nitrogen and oxygen atoms in total. The Bertz CT molecular complexity index is 229. The number of nitrogens with zero attached hydrogens (tertiary/aromatic N) is 1. The third-order valence-corrected chi connectivity index (χ3v) is 3.38. The molecule has 0 bridgehead atoms. The van der Waals surface area contributed by atoms with E-state index >= 15 is 0 Å². The molecule has 1 saturated carbocycles. The number of nitriles is 1. The molecular formula is C11H19NO. The van der Waals surface area contributed by atoms with E-state index in [0.29, 0.717) is 11.3 Å². The number of hydrogen-bond donors (Lipinski definition) is 0. The molecule has 1 fully saturated rings. The van der Waals surface area contributed by atoms with E-state index in [1.54, 1.807) is 7.11 Å². The number of ether oxygens (including phenoxy) is 1. The van der Waals surface area contributed by atoms with Gasteiger partial charge in [0.05, 0.1) is 6.07 Å². The summed E-state index contributed by atoms with van der Waals surface area (Å²) in [6.45, 7) is 6.65. The molecule has 0 aromatic rings. The van der Waals surface area contributed by atoms with Crippen molar-refractivity contribution in [3.05, 3.63) is 0 Å². The highest BCUT2D eigenvalue weighted by Gasteiger charge is 2.44. The lowest BCUT2D eigenvalue weighted by molar-refractivity contribution is -0.0589. The highest BCUT2D eigenvalue weighted by molar-refractivity contribution is 5.08. The summed E-state index contributed by atoms with van der Waals surface area (Å²) in [5.74, 6) is 0.339. The van der Waals surface area contributed by atoms with Crippen molar-refractivity contribution in [3.8, 4) is 6.07 Å². The summed E-state index contributed by atoms with van der Waals surface area (Å²) in [6.07, 6.45) is 3.03. The molecule has 13 heavy (non-hydrogen) atoms. The summed E-state index contributed by atoms with van der Waals surface area (Å²) < 4.78 is 5.37. The van der Waals surface area contributed by atoms with Gasteiger partial charge >= 0.3 is 0 Å². The lowest BCUT2D eigenvalue weighted by Crippen LogP contribution is -2.44. The van der Waals surface area contributed by atoms with Gasteiger partial charge in [-0.05, 0) is 30.6 Å². The quantitative estimate of drug-likeness (QED) is 0.623. The van der Waals surface area contributed by atoms with Gasteiger partial charge in [0.1, 0.15) is 0 Å². The fourth-order valence-corrected chi connectivity index (χ4v) is 2.38. The molecule has 0 radical (unpaired) electrons. The zero-order valence-electron chi connectivity index (χ0n) is 9.05. The first kappa shape index (κ1) is 10.5. The Kier molecular flexibility index (Phi) is 2.68. The summed E-state index contributed by atoms with van der Waals surface area (Å²) in [6, 6.07) is 2.33. The second-order valence-electron chi connectivity index (χ2n) is 4.97. The van der Waals surface area contributed by atoms with Crippen molar-refractivity contribution in [2.75, 3.05) is 7.11 Å². The maximum atomic E-state index is 9.11. The third-order valence-electron chi connectivity index (χ3n) is 3.38. The Balaban J connectivity index is 2.79. The van der Waals surface area contributed by atoms with Crippen LogP contribution in [0.15, 0.2) is 0 Å². The lowest BCUT2D eigenvalue weighted by atomic mass is 9.66. The van der Waals surface area contributed by atoms with E-state index in [9.17, 15) is 0 Å². The minimum absolute atomic E-state index is 0.339. The van der Waals surface area contributed by atoms with E-state index in [0.717, 1.165) is 19.3 Å². The second-order valence-corrected chi connectivity index (χ2v) is 4.97. The van der Waals surface area contributed by atoms with Crippen molar-refractivity contribution < 1.29 is 4.74 Å². The van der Waals surface area contributed by atoms with Crippen LogP contribution in [-0.2, 0) is 4.74 Å². The monoisotopic (exact) mass is 181 g/mol. The van der Waals surface area contributed by atoms with Crippen LogP contribution in [0.2, 0.25) is 0 Å². The Morgan fingerprint density at radius 2 is 2.00 bits per heavy atom. The molecule has 1 aliphatic carbocycles. The van der Waals surface area contributed by atoms with Crippen LogP contribution in [0.25, 0.3) is 0 Å². The van der Waals surface area contributed by atoms with E-state index in [2.05, 4.69) is 26.8 Å². The summed E-state index contributed by atoms with van der Waals surface area (Å²) in [4.78, 5) is 0. The van der Waals surface area contributed by atoms with E-state index in [1.165, 1.54) is 0 Å². The van der Waals surface area contributed by atoms with Crippen LogP contribution in [0, 0.1) is 22.7 Å². The molecule has 2 unspecified atom stereocenters. The topological polar surface area (TPSA) is 33.0 Å². The van der Waals surface area contributed by atoms with E-state index in [-0.39, 0.29) is 0 Å². The van der Waals surface area contributed by atoms with Gasteiger partial charge in [0.15, 0.2) is 5.60 Å². The van der Waals surface area contributed by atoms with Gasteiger partial charge in [-0.15, -0.1) is 0 Å². The third kappa shape index (κ3) is 1.86. The molecule has 0 heterocycles. The van der Waals surface area contributed by atoms with Crippen LogP contribution in [0.1, 0.15) is 40.0 Å². The maximum Gasteiger partial charge on any atom is 0.156 e. The van der Waals surface area contributed by atoms with Crippen molar-refractivity contribution in [3.63, 3.8) is 0 Å². The SMILES string of the molecule is COC1(C#N)CCC(C)(C)CC1C. The fraction of sp³-hybridized carbons (Fsp3) is 0.909. The van der Waals surface area contributed by atoms with Crippen molar-refractivity contribution in [1.82, 2.24) is 0 Å². The Labute approximate surface area is 80.9 Å². The van der Waals surface area contributed by atoms with Crippen LogP contribution in [0.3, 0.4) is 0 Å². The van der Waals surface area contributed by atoms with Gasteiger partial charge in [0.25, 0.3) is 0 Å². The zero-order valence-corrected chi connectivity index (χ0v) is 9.05. The molecule has 1 rings (SSSR count). The molecule has 74 valence electrons. The molecule has 2 heteroatoms. The molecule has 0 N–H and O–H groups in total. The molecule has 0 aromatic carbocycles. The lowest BCUT2D eigenvalue weighted by Gasteiger charge is -2.43. The van der Waals surface area contributed by atoms with Crippen molar-refractivity contribution in [2.24, 2.45) is 11.3 Å². The number of hydrogen-bond acceptors (Lipinski definition) is 2. The van der Waals surface area contributed by atoms with E-state index in [1.807, 2.05) is 0 Å². The zero-order chi connectivity index (χ0) is 10.1. The second kappa shape index (κ2) is 3.31. The van der Waals surface area contributed by atoms with Crippen LogP contribution in [-0.4, -0.2) is 12.7 Å². The number of methoxy groups -OCH3 is 1. The van der Waals surface area contributed by atoms with Gasteiger partial charge in [0.2, 0.25) is 0 Å². The Morgan fingerprint density at radius 3 is 2.38 bits per heavy atom. The largest absolute Gasteiger partial charge is 0.363 e. The molecular weight excluding hydrogens is 162 g/mol. The maximum absolute atomic E-state index is 9.11. The minimum atomic E-state index is -0.518. The standard InChI is InChI=1S/C11H19NO/c1-9-7-10(2,3)5-6-11(9,8-12)13-4/h9H,5-7H2,1-4H3. The van der Waals surface area contributed by atoms with Crippen LogP contribution < -0.4 is 0 Å². The molecule has 0 amide bonds. The fourth-order valence-electron chi connectivity index (χ4n) is 2.38. The normalized spacial score (nSPS) is 38.2. The smallest absolute Gasteiger partial charge is 0.156 e. The van der Waals surface area contributed by atoms with Crippen molar-refractivity contribution >= 4 is 0 Å². The predicted molar refractivity (Wildman–Crippen MR) is 52.1 cm³/mol. The van der Waals surface area contributed by atoms with Crippen molar-refractivity contribution in [1.29, 1.82) is 5.26 Å². The molecule has 0 aromatic heterocycles. The molecule has 0 aliphatic heterocycles. The molecule has 1 aliphatic rings. The van der Waals surface area contributed by atoms with E-state index in [4.69, 9.17) is 10.00 Å². The van der Waals surface area contributed by atoms with Gasteiger partial charge in [0, 0.05) is 7.11 Å². The van der Waals surface area contributed by atoms with Crippen molar-refractivity contribution in [2.45, 2.75) is 45.6 Å². The van der Waals surface area contributed by atoms with Gasteiger partial charge < -0.3 is 4.74 Å².